The quantitative estimate of drug-likeness (QED) is 0.255. The van der Waals surface area contributed by atoms with E-state index in [0.717, 1.165) is 22.2 Å². The van der Waals surface area contributed by atoms with Crippen LogP contribution in [0.4, 0.5) is 10.5 Å². The molecule has 0 N–H and O–H groups in total. The highest BCUT2D eigenvalue weighted by Gasteiger charge is 2.37. The summed E-state index contributed by atoms with van der Waals surface area (Å²) in [7, 11) is 1.47. The molecular weight excluding hydrogens is 570 g/mol. The number of nitro benzene ring substituents is 1. The smallest absolute Gasteiger partial charge is 0.294 e. The van der Waals surface area contributed by atoms with Gasteiger partial charge in [-0.05, 0) is 53.2 Å². The lowest BCUT2D eigenvalue weighted by Crippen LogP contribution is -2.46. The Kier molecular flexibility index (Phi) is 8.46. The van der Waals surface area contributed by atoms with Crippen LogP contribution in [0.5, 0.6) is 11.5 Å². The molecule has 4 rings (SSSR count). The highest BCUT2D eigenvalue weighted by Crippen LogP contribution is 2.38. The number of ether oxygens (including phenoxy) is 3. The highest BCUT2D eigenvalue weighted by atomic mass is 79.9. The SMILES string of the molecule is COc1cc(/C=C2\SC(=O)N(CC(=O)N3CCOCC3)C2=O)c(Br)cc1OCc1ccc([N+](=O)[O-])cc1. The summed E-state index contributed by atoms with van der Waals surface area (Å²) < 4.78 is 17.1. The van der Waals surface area contributed by atoms with Gasteiger partial charge in [-0.3, -0.25) is 29.4 Å². The lowest BCUT2D eigenvalue weighted by molar-refractivity contribution is -0.384. The number of carbonyl (C=O) groups excluding carboxylic acids is 3. The number of nitrogens with zero attached hydrogens (tertiary/aromatic N) is 3. The molecule has 37 heavy (non-hydrogen) atoms. The first-order valence-corrected chi connectivity index (χ1v) is 12.7. The molecule has 3 amide bonds. The van der Waals surface area contributed by atoms with Crippen LogP contribution in [0.15, 0.2) is 45.8 Å². The standard InChI is InChI=1S/C24H22BrN3O8S/c1-34-19-10-16(18(25)12-20(19)36-14-15-2-4-17(5-3-15)28(32)33)11-21-23(30)27(24(31)37-21)13-22(29)26-6-8-35-9-7-26/h2-5,10-12H,6-9,13-14H2,1H3/b21-11-. The van der Waals surface area contributed by atoms with E-state index < -0.39 is 16.1 Å². The Morgan fingerprint density at radius 1 is 1.19 bits per heavy atom. The third kappa shape index (κ3) is 6.29. The Hall–Kier alpha value is -3.42. The number of hydrogen-bond acceptors (Lipinski definition) is 9. The van der Waals surface area contributed by atoms with Crippen molar-refractivity contribution in [1.29, 1.82) is 0 Å². The van der Waals surface area contributed by atoms with Crippen molar-refractivity contribution in [2.75, 3.05) is 40.0 Å². The van der Waals surface area contributed by atoms with Gasteiger partial charge in [0.1, 0.15) is 13.2 Å². The number of benzene rings is 2. The van der Waals surface area contributed by atoms with Gasteiger partial charge in [-0.2, -0.15) is 0 Å². The molecule has 0 spiro atoms. The Bertz CT molecular complexity index is 1260. The van der Waals surface area contributed by atoms with Crippen molar-refractivity contribution in [1.82, 2.24) is 9.80 Å². The van der Waals surface area contributed by atoms with E-state index in [1.54, 1.807) is 35.2 Å². The van der Waals surface area contributed by atoms with Crippen LogP contribution in [0.25, 0.3) is 6.08 Å². The average Bonchev–Trinajstić information content (AvgIpc) is 3.16. The second-order valence-corrected chi connectivity index (χ2v) is 9.85. The van der Waals surface area contributed by atoms with Gasteiger partial charge in [0, 0.05) is 29.7 Å². The molecule has 0 unspecified atom stereocenters. The molecule has 0 aromatic heterocycles. The summed E-state index contributed by atoms with van der Waals surface area (Å²) >= 11 is 4.23. The van der Waals surface area contributed by atoms with Gasteiger partial charge in [-0.1, -0.05) is 15.9 Å². The maximum absolute atomic E-state index is 12.9. The van der Waals surface area contributed by atoms with Crippen LogP contribution in [0.3, 0.4) is 0 Å². The summed E-state index contributed by atoms with van der Waals surface area (Å²) in [5, 5.41) is 10.3. The molecule has 11 nitrogen and oxygen atoms in total. The number of rotatable bonds is 8. The van der Waals surface area contributed by atoms with Gasteiger partial charge < -0.3 is 19.1 Å². The second kappa shape index (κ2) is 11.8. The zero-order valence-corrected chi connectivity index (χ0v) is 22.1. The fourth-order valence-electron chi connectivity index (χ4n) is 3.63. The van der Waals surface area contributed by atoms with E-state index in [4.69, 9.17) is 14.2 Å². The summed E-state index contributed by atoms with van der Waals surface area (Å²) in [6, 6.07) is 9.33. The maximum atomic E-state index is 12.9. The molecule has 2 aliphatic heterocycles. The number of thioether (sulfide) groups is 1. The third-order valence-electron chi connectivity index (χ3n) is 5.64. The molecular formula is C24H22BrN3O8S. The van der Waals surface area contributed by atoms with E-state index >= 15 is 0 Å². The van der Waals surface area contributed by atoms with E-state index in [0.29, 0.717) is 47.8 Å². The van der Waals surface area contributed by atoms with Crippen LogP contribution < -0.4 is 9.47 Å². The van der Waals surface area contributed by atoms with E-state index in [1.807, 2.05) is 0 Å². The predicted molar refractivity (Wildman–Crippen MR) is 138 cm³/mol. The molecule has 0 saturated carbocycles. The number of carbonyl (C=O) groups is 3. The number of non-ortho nitro benzene ring substituents is 1. The summed E-state index contributed by atoms with van der Waals surface area (Å²) in [5.41, 5.74) is 1.29. The zero-order valence-electron chi connectivity index (χ0n) is 19.7. The molecule has 13 heteroatoms. The van der Waals surface area contributed by atoms with Crippen molar-refractivity contribution in [3.05, 3.63) is 67.0 Å². The number of imide groups is 1. The molecule has 0 aliphatic carbocycles. The molecule has 2 aromatic carbocycles. The molecule has 2 aromatic rings. The van der Waals surface area contributed by atoms with Crippen LogP contribution in [-0.4, -0.2) is 71.7 Å². The summed E-state index contributed by atoms with van der Waals surface area (Å²) in [5.74, 6) is -0.0441. The van der Waals surface area contributed by atoms with E-state index in [2.05, 4.69) is 15.9 Å². The Morgan fingerprint density at radius 3 is 2.54 bits per heavy atom. The predicted octanol–water partition coefficient (Wildman–Crippen LogP) is 3.84. The summed E-state index contributed by atoms with van der Waals surface area (Å²) in [6.07, 6.45) is 1.55. The van der Waals surface area contributed by atoms with E-state index in [1.165, 1.54) is 19.2 Å². The highest BCUT2D eigenvalue weighted by molar-refractivity contribution is 9.10. The Balaban J connectivity index is 1.46. The number of halogens is 1. The van der Waals surface area contributed by atoms with Crippen LogP contribution in [0.1, 0.15) is 11.1 Å². The Morgan fingerprint density at radius 2 is 1.89 bits per heavy atom. The molecule has 2 aliphatic rings. The van der Waals surface area contributed by atoms with E-state index in [-0.39, 0.29) is 29.7 Å². The largest absolute Gasteiger partial charge is 0.493 e. The van der Waals surface area contributed by atoms with Crippen molar-refractivity contribution >= 4 is 56.5 Å². The van der Waals surface area contributed by atoms with Gasteiger partial charge in [0.25, 0.3) is 16.8 Å². The molecule has 0 atom stereocenters. The minimum atomic E-state index is -0.541. The van der Waals surface area contributed by atoms with Gasteiger partial charge in [-0.15, -0.1) is 0 Å². The van der Waals surface area contributed by atoms with Crippen molar-refractivity contribution in [3.63, 3.8) is 0 Å². The first-order chi connectivity index (χ1) is 17.8. The van der Waals surface area contributed by atoms with Gasteiger partial charge in [0.05, 0.1) is 30.2 Å². The maximum Gasteiger partial charge on any atom is 0.294 e. The fourth-order valence-corrected chi connectivity index (χ4v) is 4.90. The number of methoxy groups -OCH3 is 1. The summed E-state index contributed by atoms with van der Waals surface area (Å²) in [4.78, 5) is 51.0. The molecule has 2 heterocycles. The molecule has 0 bridgehead atoms. The zero-order chi connectivity index (χ0) is 26.5. The molecule has 2 fully saturated rings. The monoisotopic (exact) mass is 591 g/mol. The third-order valence-corrected chi connectivity index (χ3v) is 7.24. The van der Waals surface area contributed by atoms with Crippen molar-refractivity contribution in [2.24, 2.45) is 0 Å². The van der Waals surface area contributed by atoms with Crippen molar-refractivity contribution < 1.29 is 33.5 Å². The van der Waals surface area contributed by atoms with Crippen molar-refractivity contribution in [3.8, 4) is 11.5 Å². The van der Waals surface area contributed by atoms with Crippen LogP contribution in [-0.2, 0) is 20.9 Å². The van der Waals surface area contributed by atoms with Gasteiger partial charge in [0.15, 0.2) is 11.5 Å². The lowest BCUT2D eigenvalue weighted by atomic mass is 10.1. The molecule has 0 radical (unpaired) electrons. The number of morpholine rings is 1. The van der Waals surface area contributed by atoms with Gasteiger partial charge in [-0.25, -0.2) is 0 Å². The summed E-state index contributed by atoms with van der Waals surface area (Å²) in [6.45, 7) is 1.54. The normalized spacial score (nSPS) is 16.9. The lowest BCUT2D eigenvalue weighted by Gasteiger charge is -2.28. The number of nitro groups is 1. The first kappa shape index (κ1) is 26.6. The van der Waals surface area contributed by atoms with Crippen LogP contribution >= 0.6 is 27.7 Å². The van der Waals surface area contributed by atoms with Crippen LogP contribution in [0, 0.1) is 10.1 Å². The average molecular weight is 592 g/mol. The van der Waals surface area contributed by atoms with Crippen LogP contribution in [0.2, 0.25) is 0 Å². The second-order valence-electron chi connectivity index (χ2n) is 8.00. The van der Waals surface area contributed by atoms with Crippen molar-refractivity contribution in [2.45, 2.75) is 6.61 Å². The number of amides is 3. The first-order valence-electron chi connectivity index (χ1n) is 11.1. The fraction of sp³-hybridized carbons (Fsp3) is 0.292. The minimum absolute atomic E-state index is 0.0108. The van der Waals surface area contributed by atoms with Gasteiger partial charge >= 0.3 is 0 Å². The molecule has 2 saturated heterocycles. The number of hydrogen-bond donors (Lipinski definition) is 0. The minimum Gasteiger partial charge on any atom is -0.493 e. The van der Waals surface area contributed by atoms with Gasteiger partial charge in [0.2, 0.25) is 5.91 Å². The molecule has 194 valence electrons. The Labute approximate surface area is 224 Å². The topological polar surface area (TPSA) is 129 Å². The van der Waals surface area contributed by atoms with E-state index in [9.17, 15) is 24.5 Å².